The average molecular weight is 338 g/mol. The molecule has 0 bridgehead atoms. The average Bonchev–Trinajstić information content (AvgIpc) is 2.35. The molecule has 1 rings (SSSR count). The summed E-state index contributed by atoms with van der Waals surface area (Å²) in [5, 5.41) is 2.72. The van der Waals surface area contributed by atoms with Crippen molar-refractivity contribution in [2.24, 2.45) is 0 Å². The maximum absolute atomic E-state index is 12.3. The molecule has 1 N–H and O–H groups in total. The number of halogens is 4. The molecule has 0 aromatic heterocycles. The summed E-state index contributed by atoms with van der Waals surface area (Å²) in [4.78, 5) is 11.8. The summed E-state index contributed by atoms with van der Waals surface area (Å²) in [6.07, 6.45) is -3.37. The third kappa shape index (κ3) is 5.63. The predicted octanol–water partition coefficient (Wildman–Crippen LogP) is 3.54. The Kier molecular flexibility index (Phi) is 5.85. The van der Waals surface area contributed by atoms with Gasteiger partial charge >= 0.3 is 6.18 Å². The minimum Gasteiger partial charge on any atom is -0.355 e. The lowest BCUT2D eigenvalue weighted by atomic mass is 10.1. The van der Waals surface area contributed by atoms with Crippen molar-refractivity contribution in [3.8, 4) is 0 Å². The van der Waals surface area contributed by atoms with Gasteiger partial charge in [0, 0.05) is 11.4 Å². The summed E-state index contributed by atoms with van der Waals surface area (Å²) in [5.74, 6) is -0.197. The number of hydrogen-bond acceptors (Lipinski definition) is 1. The lowest BCUT2D eigenvalue weighted by Crippen LogP contribution is -2.30. The van der Waals surface area contributed by atoms with E-state index in [1.54, 1.807) is 0 Å². The van der Waals surface area contributed by atoms with Gasteiger partial charge in [-0.1, -0.05) is 35.0 Å². The molecule has 0 radical (unpaired) electrons. The van der Waals surface area contributed by atoms with Crippen LogP contribution in [-0.2, 0) is 17.4 Å². The maximum atomic E-state index is 12.3. The van der Waals surface area contributed by atoms with Gasteiger partial charge in [-0.3, -0.25) is 4.79 Å². The second kappa shape index (κ2) is 6.93. The van der Waals surface area contributed by atoms with E-state index in [9.17, 15) is 18.0 Å². The van der Waals surface area contributed by atoms with Gasteiger partial charge in [0.25, 0.3) is 0 Å². The van der Waals surface area contributed by atoms with Crippen molar-refractivity contribution in [2.75, 3.05) is 6.54 Å². The molecule has 0 heterocycles. The Morgan fingerprint density at radius 3 is 2.37 bits per heavy atom. The topological polar surface area (TPSA) is 29.1 Å². The maximum Gasteiger partial charge on any atom is 0.416 e. The monoisotopic (exact) mass is 337 g/mol. The molecular weight excluding hydrogens is 323 g/mol. The highest BCUT2D eigenvalue weighted by molar-refractivity contribution is 9.09. The van der Waals surface area contributed by atoms with Crippen LogP contribution in [0.5, 0.6) is 0 Å². The standard InChI is InChI=1S/C13H15BrF3NO/c1-2-11(14)8-18-12(19)7-9-3-5-10(6-4-9)13(15,16)17/h3-6,11H,2,7-8H2,1H3,(H,18,19). The van der Waals surface area contributed by atoms with E-state index in [-0.39, 0.29) is 17.2 Å². The van der Waals surface area contributed by atoms with E-state index >= 15 is 0 Å². The third-order valence-electron chi connectivity index (χ3n) is 2.61. The zero-order chi connectivity index (χ0) is 14.5. The smallest absolute Gasteiger partial charge is 0.355 e. The second-order valence-corrected chi connectivity index (χ2v) is 5.48. The van der Waals surface area contributed by atoms with Crippen LogP contribution in [0.25, 0.3) is 0 Å². The quantitative estimate of drug-likeness (QED) is 0.818. The van der Waals surface area contributed by atoms with Gasteiger partial charge in [-0.05, 0) is 24.1 Å². The molecule has 0 aliphatic rings. The molecule has 1 amide bonds. The van der Waals surface area contributed by atoms with Gasteiger partial charge < -0.3 is 5.32 Å². The van der Waals surface area contributed by atoms with Crippen LogP contribution >= 0.6 is 15.9 Å². The van der Waals surface area contributed by atoms with Crippen molar-refractivity contribution in [1.29, 1.82) is 0 Å². The fourth-order valence-corrected chi connectivity index (χ4v) is 1.59. The van der Waals surface area contributed by atoms with Gasteiger partial charge in [0.05, 0.1) is 12.0 Å². The molecule has 1 unspecified atom stereocenters. The summed E-state index contributed by atoms with van der Waals surface area (Å²) in [5.41, 5.74) is -0.142. The van der Waals surface area contributed by atoms with Gasteiger partial charge in [-0.25, -0.2) is 0 Å². The first-order valence-corrected chi connectivity index (χ1v) is 6.81. The molecular formula is C13H15BrF3NO. The zero-order valence-electron chi connectivity index (χ0n) is 10.4. The SMILES string of the molecule is CCC(Br)CNC(=O)Cc1ccc(C(F)(F)F)cc1. The number of hydrogen-bond donors (Lipinski definition) is 1. The van der Waals surface area contributed by atoms with Crippen LogP contribution in [0.3, 0.4) is 0 Å². The lowest BCUT2D eigenvalue weighted by Gasteiger charge is -2.10. The number of carbonyl (C=O) groups is 1. The first-order valence-electron chi connectivity index (χ1n) is 5.89. The largest absolute Gasteiger partial charge is 0.416 e. The first kappa shape index (κ1) is 16.0. The molecule has 0 spiro atoms. The van der Waals surface area contributed by atoms with Crippen molar-refractivity contribution in [2.45, 2.75) is 30.8 Å². The number of benzene rings is 1. The summed E-state index contributed by atoms with van der Waals surface area (Å²) < 4.78 is 37.0. The van der Waals surface area contributed by atoms with E-state index in [1.807, 2.05) is 6.92 Å². The molecule has 0 aliphatic carbocycles. The number of amides is 1. The summed E-state index contributed by atoms with van der Waals surface area (Å²) in [7, 11) is 0. The molecule has 1 atom stereocenters. The first-order chi connectivity index (χ1) is 8.82. The van der Waals surface area contributed by atoms with Gasteiger partial charge in [-0.15, -0.1) is 0 Å². The van der Waals surface area contributed by atoms with E-state index < -0.39 is 11.7 Å². The van der Waals surface area contributed by atoms with Crippen LogP contribution in [0, 0.1) is 0 Å². The van der Waals surface area contributed by atoms with Gasteiger partial charge in [0.15, 0.2) is 0 Å². The van der Waals surface area contributed by atoms with Crippen molar-refractivity contribution in [1.82, 2.24) is 5.32 Å². The van der Waals surface area contributed by atoms with Crippen LogP contribution < -0.4 is 5.32 Å². The predicted molar refractivity (Wildman–Crippen MR) is 71.2 cm³/mol. The molecule has 106 valence electrons. The van der Waals surface area contributed by atoms with Crippen LogP contribution in [0.2, 0.25) is 0 Å². The zero-order valence-corrected chi connectivity index (χ0v) is 12.0. The number of carbonyl (C=O) groups excluding carboxylic acids is 1. The highest BCUT2D eigenvalue weighted by Gasteiger charge is 2.29. The van der Waals surface area contributed by atoms with Gasteiger partial charge in [-0.2, -0.15) is 13.2 Å². The van der Waals surface area contributed by atoms with E-state index in [0.717, 1.165) is 18.6 Å². The minimum absolute atomic E-state index is 0.0849. The summed E-state index contributed by atoms with van der Waals surface area (Å²) in [6.45, 7) is 2.50. The molecule has 0 saturated carbocycles. The number of rotatable bonds is 5. The summed E-state index contributed by atoms with van der Waals surface area (Å²) >= 11 is 3.38. The van der Waals surface area contributed by atoms with Crippen LogP contribution in [0.4, 0.5) is 13.2 Å². The Bertz CT molecular complexity index is 417. The Morgan fingerprint density at radius 1 is 1.32 bits per heavy atom. The molecule has 19 heavy (non-hydrogen) atoms. The Hall–Kier alpha value is -1.04. The molecule has 0 fully saturated rings. The normalized spacial score (nSPS) is 13.1. The highest BCUT2D eigenvalue weighted by atomic mass is 79.9. The minimum atomic E-state index is -4.34. The van der Waals surface area contributed by atoms with Crippen LogP contribution in [0.1, 0.15) is 24.5 Å². The Morgan fingerprint density at radius 2 is 1.89 bits per heavy atom. The Labute approximate surface area is 118 Å². The number of nitrogens with one attached hydrogen (secondary N) is 1. The van der Waals surface area contributed by atoms with Crippen molar-refractivity contribution in [3.63, 3.8) is 0 Å². The van der Waals surface area contributed by atoms with Gasteiger partial charge in [0.2, 0.25) is 5.91 Å². The highest BCUT2D eigenvalue weighted by Crippen LogP contribution is 2.29. The molecule has 1 aromatic rings. The van der Waals surface area contributed by atoms with Crippen LogP contribution in [-0.4, -0.2) is 17.3 Å². The molecule has 1 aromatic carbocycles. The molecule has 0 aliphatic heterocycles. The van der Waals surface area contributed by atoms with E-state index in [1.165, 1.54) is 12.1 Å². The molecule has 2 nitrogen and oxygen atoms in total. The third-order valence-corrected chi connectivity index (χ3v) is 3.58. The fraction of sp³-hybridized carbons (Fsp3) is 0.462. The lowest BCUT2D eigenvalue weighted by molar-refractivity contribution is -0.137. The van der Waals surface area contributed by atoms with Crippen molar-refractivity contribution < 1.29 is 18.0 Å². The van der Waals surface area contributed by atoms with E-state index in [4.69, 9.17) is 0 Å². The molecule has 0 saturated heterocycles. The summed E-state index contributed by atoms with van der Waals surface area (Å²) in [6, 6.07) is 4.63. The van der Waals surface area contributed by atoms with Crippen molar-refractivity contribution >= 4 is 21.8 Å². The second-order valence-electron chi connectivity index (χ2n) is 4.18. The van der Waals surface area contributed by atoms with E-state index in [0.29, 0.717) is 12.1 Å². The fourth-order valence-electron chi connectivity index (χ4n) is 1.43. The van der Waals surface area contributed by atoms with Gasteiger partial charge in [0.1, 0.15) is 0 Å². The Balaban J connectivity index is 2.51. The van der Waals surface area contributed by atoms with E-state index in [2.05, 4.69) is 21.2 Å². The number of alkyl halides is 4. The van der Waals surface area contributed by atoms with Crippen LogP contribution in [0.15, 0.2) is 24.3 Å². The molecule has 6 heteroatoms. The van der Waals surface area contributed by atoms with Crippen molar-refractivity contribution in [3.05, 3.63) is 35.4 Å².